The summed E-state index contributed by atoms with van der Waals surface area (Å²) >= 11 is 0. The van der Waals surface area contributed by atoms with Crippen LogP contribution in [-0.4, -0.2) is 34.7 Å². The zero-order valence-corrected chi connectivity index (χ0v) is 16.0. The monoisotopic (exact) mass is 364 g/mol. The van der Waals surface area contributed by atoms with Crippen LogP contribution >= 0.6 is 0 Å². The first kappa shape index (κ1) is 19.2. The van der Waals surface area contributed by atoms with Crippen LogP contribution in [-0.2, 0) is 22.7 Å². The van der Waals surface area contributed by atoms with E-state index in [1.807, 2.05) is 60.7 Å². The van der Waals surface area contributed by atoms with Crippen molar-refractivity contribution in [1.82, 2.24) is 9.80 Å². The lowest BCUT2D eigenvalue weighted by Crippen LogP contribution is -2.47. The van der Waals surface area contributed by atoms with Crippen molar-refractivity contribution >= 4 is 11.8 Å². The molecule has 4 nitrogen and oxygen atoms in total. The number of nitrogens with zero attached hydrogens (tertiary/aromatic N) is 2. The maximum atomic E-state index is 13.1. The van der Waals surface area contributed by atoms with E-state index in [-0.39, 0.29) is 6.04 Å². The molecule has 1 aliphatic carbocycles. The highest BCUT2D eigenvalue weighted by atomic mass is 16.2. The summed E-state index contributed by atoms with van der Waals surface area (Å²) in [6.07, 6.45) is 5.48. The summed E-state index contributed by atoms with van der Waals surface area (Å²) < 4.78 is 0. The molecular formula is C23H28N2O2. The maximum Gasteiger partial charge on any atom is 0.312 e. The summed E-state index contributed by atoms with van der Waals surface area (Å²) in [5.41, 5.74) is 2.05. The van der Waals surface area contributed by atoms with Crippen molar-refractivity contribution in [2.24, 2.45) is 0 Å². The molecule has 0 radical (unpaired) electrons. The lowest BCUT2D eigenvalue weighted by atomic mass is 9.94. The van der Waals surface area contributed by atoms with Gasteiger partial charge in [-0.25, -0.2) is 0 Å². The summed E-state index contributed by atoms with van der Waals surface area (Å²) in [4.78, 5) is 29.3. The highest BCUT2D eigenvalue weighted by Gasteiger charge is 2.30. The molecule has 1 aliphatic rings. The van der Waals surface area contributed by atoms with Gasteiger partial charge >= 0.3 is 11.8 Å². The van der Waals surface area contributed by atoms with Crippen LogP contribution in [0, 0.1) is 0 Å². The van der Waals surface area contributed by atoms with Crippen molar-refractivity contribution in [3.05, 3.63) is 71.8 Å². The van der Waals surface area contributed by atoms with Crippen LogP contribution in [0.15, 0.2) is 60.7 Å². The molecule has 0 spiro atoms. The van der Waals surface area contributed by atoms with Crippen LogP contribution < -0.4 is 0 Å². The molecule has 0 atom stereocenters. The van der Waals surface area contributed by atoms with E-state index in [0.717, 1.165) is 36.8 Å². The predicted molar refractivity (Wildman–Crippen MR) is 107 cm³/mol. The van der Waals surface area contributed by atoms with E-state index >= 15 is 0 Å². The fourth-order valence-corrected chi connectivity index (χ4v) is 3.73. The smallest absolute Gasteiger partial charge is 0.312 e. The zero-order chi connectivity index (χ0) is 19.1. The average Bonchev–Trinajstić information content (AvgIpc) is 2.74. The van der Waals surface area contributed by atoms with Crippen molar-refractivity contribution in [3.8, 4) is 0 Å². The van der Waals surface area contributed by atoms with Crippen LogP contribution in [0.3, 0.4) is 0 Å². The Hall–Kier alpha value is -2.62. The van der Waals surface area contributed by atoms with Gasteiger partial charge in [0.1, 0.15) is 0 Å². The molecule has 3 rings (SSSR count). The van der Waals surface area contributed by atoms with Crippen LogP contribution in [0.4, 0.5) is 0 Å². The van der Waals surface area contributed by atoms with E-state index in [2.05, 4.69) is 0 Å². The SMILES string of the molecule is CN(C(=O)C(=O)N(Cc1ccccc1)Cc1ccccc1)C1CCCCC1. The van der Waals surface area contributed by atoms with E-state index in [4.69, 9.17) is 0 Å². The van der Waals surface area contributed by atoms with E-state index in [1.165, 1.54) is 6.42 Å². The number of rotatable bonds is 5. The first-order chi connectivity index (χ1) is 13.1. The Balaban J connectivity index is 1.75. The Morgan fingerprint density at radius 1 is 0.778 bits per heavy atom. The standard InChI is InChI=1S/C23H28N2O2/c1-24(21-15-9-4-10-16-21)22(26)23(27)25(17-19-11-5-2-6-12-19)18-20-13-7-3-8-14-20/h2-3,5-8,11-14,21H,4,9-10,15-18H2,1H3. The Kier molecular flexibility index (Phi) is 6.64. The number of amides is 2. The topological polar surface area (TPSA) is 40.6 Å². The second-order valence-corrected chi connectivity index (χ2v) is 7.34. The van der Waals surface area contributed by atoms with Crippen molar-refractivity contribution in [3.63, 3.8) is 0 Å². The fourth-order valence-electron chi connectivity index (χ4n) is 3.73. The normalized spacial score (nSPS) is 14.6. The van der Waals surface area contributed by atoms with Gasteiger partial charge in [0.25, 0.3) is 0 Å². The summed E-state index contributed by atoms with van der Waals surface area (Å²) in [5.74, 6) is -0.815. The van der Waals surface area contributed by atoms with Gasteiger partial charge in [0.15, 0.2) is 0 Å². The van der Waals surface area contributed by atoms with Gasteiger partial charge in [-0.3, -0.25) is 9.59 Å². The number of hydrogen-bond donors (Lipinski definition) is 0. The number of benzene rings is 2. The molecule has 4 heteroatoms. The predicted octanol–water partition coefficient (Wildman–Crippen LogP) is 4.01. The minimum Gasteiger partial charge on any atom is -0.335 e. The summed E-state index contributed by atoms with van der Waals surface area (Å²) in [5, 5.41) is 0. The Labute approximate surface area is 161 Å². The van der Waals surface area contributed by atoms with E-state index in [9.17, 15) is 9.59 Å². The fraction of sp³-hybridized carbons (Fsp3) is 0.391. The quantitative estimate of drug-likeness (QED) is 0.752. The summed E-state index contributed by atoms with van der Waals surface area (Å²) in [6.45, 7) is 0.859. The van der Waals surface area contributed by atoms with Crippen molar-refractivity contribution in [1.29, 1.82) is 0 Å². The molecule has 1 fully saturated rings. The molecule has 2 aromatic rings. The van der Waals surface area contributed by atoms with Gasteiger partial charge in [-0.2, -0.15) is 0 Å². The first-order valence-electron chi connectivity index (χ1n) is 9.79. The second-order valence-electron chi connectivity index (χ2n) is 7.34. The minimum atomic E-state index is -0.421. The Morgan fingerprint density at radius 2 is 1.26 bits per heavy atom. The van der Waals surface area contributed by atoms with Gasteiger partial charge in [0, 0.05) is 26.2 Å². The zero-order valence-electron chi connectivity index (χ0n) is 16.0. The Bertz CT molecular complexity index is 698. The van der Waals surface area contributed by atoms with Crippen molar-refractivity contribution in [2.45, 2.75) is 51.2 Å². The van der Waals surface area contributed by atoms with E-state index in [0.29, 0.717) is 13.1 Å². The summed E-state index contributed by atoms with van der Waals surface area (Å²) in [7, 11) is 1.78. The minimum absolute atomic E-state index is 0.186. The van der Waals surface area contributed by atoms with E-state index < -0.39 is 11.8 Å². The number of carbonyl (C=O) groups excluding carboxylic acids is 2. The van der Waals surface area contributed by atoms with Gasteiger partial charge in [-0.15, -0.1) is 0 Å². The number of carbonyl (C=O) groups is 2. The highest BCUT2D eigenvalue weighted by Crippen LogP contribution is 2.22. The molecule has 27 heavy (non-hydrogen) atoms. The lowest BCUT2D eigenvalue weighted by Gasteiger charge is -2.32. The molecule has 2 aromatic carbocycles. The molecule has 0 aromatic heterocycles. The molecule has 0 unspecified atom stereocenters. The largest absolute Gasteiger partial charge is 0.335 e. The van der Waals surface area contributed by atoms with Crippen molar-refractivity contribution < 1.29 is 9.59 Å². The Morgan fingerprint density at radius 3 is 1.74 bits per heavy atom. The second kappa shape index (κ2) is 9.36. The molecule has 0 saturated heterocycles. The third kappa shape index (κ3) is 5.19. The summed E-state index contributed by atoms with van der Waals surface area (Å²) in [6, 6.07) is 19.9. The number of likely N-dealkylation sites (N-methyl/N-ethyl adjacent to an activating group) is 1. The molecule has 0 bridgehead atoms. The molecule has 142 valence electrons. The molecule has 1 saturated carbocycles. The number of hydrogen-bond acceptors (Lipinski definition) is 2. The molecule has 0 aliphatic heterocycles. The van der Waals surface area contributed by atoms with Crippen LogP contribution in [0.2, 0.25) is 0 Å². The van der Waals surface area contributed by atoms with Gasteiger partial charge in [0.2, 0.25) is 0 Å². The van der Waals surface area contributed by atoms with E-state index in [1.54, 1.807) is 16.8 Å². The maximum absolute atomic E-state index is 13.1. The highest BCUT2D eigenvalue weighted by molar-refractivity contribution is 6.34. The van der Waals surface area contributed by atoms with Crippen molar-refractivity contribution in [2.75, 3.05) is 7.05 Å². The molecule has 2 amide bonds. The van der Waals surface area contributed by atoms with Gasteiger partial charge < -0.3 is 9.80 Å². The lowest BCUT2D eigenvalue weighted by molar-refractivity contribution is -0.153. The average molecular weight is 364 g/mol. The molecule has 0 N–H and O–H groups in total. The first-order valence-corrected chi connectivity index (χ1v) is 9.79. The van der Waals surface area contributed by atoms with Gasteiger partial charge in [0.05, 0.1) is 0 Å². The van der Waals surface area contributed by atoms with Gasteiger partial charge in [-0.1, -0.05) is 79.9 Å². The molecular weight excluding hydrogens is 336 g/mol. The van der Waals surface area contributed by atoms with Crippen LogP contribution in [0.5, 0.6) is 0 Å². The third-order valence-corrected chi connectivity index (χ3v) is 5.35. The third-order valence-electron chi connectivity index (χ3n) is 5.35. The van der Waals surface area contributed by atoms with Gasteiger partial charge in [-0.05, 0) is 24.0 Å². The van der Waals surface area contributed by atoms with Crippen LogP contribution in [0.25, 0.3) is 0 Å². The van der Waals surface area contributed by atoms with Crippen LogP contribution in [0.1, 0.15) is 43.2 Å². The molecule has 0 heterocycles.